The zero-order chi connectivity index (χ0) is 20.8. The first-order valence-corrected chi connectivity index (χ1v) is 9.03. The van der Waals surface area contributed by atoms with Crippen LogP contribution < -0.4 is 4.74 Å². The summed E-state index contributed by atoms with van der Waals surface area (Å²) in [6.07, 6.45) is -4.56. The summed E-state index contributed by atoms with van der Waals surface area (Å²) in [6.45, 7) is 1.54. The van der Waals surface area contributed by atoms with Crippen LogP contribution in [-0.4, -0.2) is 21.9 Å². The number of pyridine rings is 1. The fourth-order valence-electron chi connectivity index (χ4n) is 3.21. The van der Waals surface area contributed by atoms with Gasteiger partial charge in [0.1, 0.15) is 5.75 Å². The Morgan fingerprint density at radius 2 is 1.76 bits per heavy atom. The first kappa shape index (κ1) is 19.3. The summed E-state index contributed by atoms with van der Waals surface area (Å²) in [5.41, 5.74) is 0.843. The largest absolute Gasteiger partial charge is 0.497 e. The van der Waals surface area contributed by atoms with Crippen molar-refractivity contribution in [2.24, 2.45) is 0 Å². The third-order valence-electron chi connectivity index (χ3n) is 4.55. The van der Waals surface area contributed by atoms with Gasteiger partial charge in [0.2, 0.25) is 0 Å². The van der Waals surface area contributed by atoms with Crippen LogP contribution in [-0.2, 0) is 6.18 Å². The summed E-state index contributed by atoms with van der Waals surface area (Å²) in [6, 6.07) is 14.5. The van der Waals surface area contributed by atoms with Crippen molar-refractivity contribution in [2.75, 3.05) is 7.11 Å². The molecule has 4 nitrogen and oxygen atoms in total. The van der Waals surface area contributed by atoms with Gasteiger partial charge in [0.15, 0.2) is 5.65 Å². The van der Waals surface area contributed by atoms with Crippen molar-refractivity contribution in [1.29, 1.82) is 0 Å². The van der Waals surface area contributed by atoms with Gasteiger partial charge in [-0.05, 0) is 49.4 Å². The minimum Gasteiger partial charge on any atom is -0.497 e. The second-order valence-electron chi connectivity index (χ2n) is 6.46. The van der Waals surface area contributed by atoms with Gasteiger partial charge in [-0.2, -0.15) is 18.3 Å². The summed E-state index contributed by atoms with van der Waals surface area (Å²) in [4.78, 5) is 4.53. The molecule has 0 radical (unpaired) electrons. The van der Waals surface area contributed by atoms with E-state index in [1.54, 1.807) is 48.5 Å². The van der Waals surface area contributed by atoms with Crippen molar-refractivity contribution < 1.29 is 17.9 Å². The van der Waals surface area contributed by atoms with E-state index in [-0.39, 0.29) is 22.4 Å². The number of fused-ring (bicyclic) bond motifs is 1. The van der Waals surface area contributed by atoms with Crippen LogP contribution in [0.2, 0.25) is 5.02 Å². The van der Waals surface area contributed by atoms with Crippen molar-refractivity contribution in [3.63, 3.8) is 0 Å². The van der Waals surface area contributed by atoms with Gasteiger partial charge in [0, 0.05) is 10.6 Å². The van der Waals surface area contributed by atoms with E-state index < -0.39 is 11.7 Å². The molecule has 0 unspecified atom stereocenters. The van der Waals surface area contributed by atoms with E-state index in [2.05, 4.69) is 10.1 Å². The second-order valence-corrected chi connectivity index (χ2v) is 6.89. The third kappa shape index (κ3) is 3.53. The Hall–Kier alpha value is -3.06. The van der Waals surface area contributed by atoms with Gasteiger partial charge >= 0.3 is 6.18 Å². The smallest absolute Gasteiger partial charge is 0.417 e. The second kappa shape index (κ2) is 7.08. The van der Waals surface area contributed by atoms with Gasteiger partial charge in [-0.3, -0.25) is 0 Å². The lowest BCUT2D eigenvalue weighted by Gasteiger charge is -2.12. The lowest BCUT2D eigenvalue weighted by atomic mass is 10.0. The molecule has 2 heterocycles. The highest BCUT2D eigenvalue weighted by Gasteiger charge is 2.35. The number of aryl methyl sites for hydroxylation is 1. The molecule has 0 aliphatic heterocycles. The van der Waals surface area contributed by atoms with Crippen LogP contribution in [0.1, 0.15) is 11.3 Å². The average molecular weight is 418 g/mol. The number of rotatable bonds is 3. The minimum absolute atomic E-state index is 0.0286. The Morgan fingerprint density at radius 3 is 2.41 bits per heavy atom. The van der Waals surface area contributed by atoms with Crippen LogP contribution >= 0.6 is 11.6 Å². The standard InChI is InChI=1S/C21H15ClF3N3O/c1-12-19-17(21(23,24)25)11-18(13-4-3-5-16(10-13)29-2)26-20(19)28(27-12)15-8-6-14(22)7-9-15/h3-11H,1-2H3. The van der Waals surface area contributed by atoms with E-state index in [9.17, 15) is 13.2 Å². The van der Waals surface area contributed by atoms with Gasteiger partial charge in [-0.1, -0.05) is 23.7 Å². The molecule has 0 atom stereocenters. The molecular weight excluding hydrogens is 403 g/mol. The summed E-state index contributed by atoms with van der Waals surface area (Å²) in [5, 5.41) is 4.81. The van der Waals surface area contributed by atoms with Crippen LogP contribution in [0.4, 0.5) is 13.2 Å². The maximum absolute atomic E-state index is 13.9. The van der Waals surface area contributed by atoms with Crippen molar-refractivity contribution >= 4 is 22.6 Å². The molecular formula is C21H15ClF3N3O. The highest BCUT2D eigenvalue weighted by molar-refractivity contribution is 6.30. The molecule has 0 spiro atoms. The number of hydrogen-bond donors (Lipinski definition) is 0. The molecule has 0 saturated heterocycles. The van der Waals surface area contributed by atoms with Crippen molar-refractivity contribution in [1.82, 2.24) is 14.8 Å². The quantitative estimate of drug-likeness (QED) is 0.405. The van der Waals surface area contributed by atoms with Gasteiger partial charge in [0.05, 0.1) is 35.1 Å². The predicted molar refractivity (Wildman–Crippen MR) is 106 cm³/mol. The molecule has 8 heteroatoms. The predicted octanol–water partition coefficient (Wildman–Crippen LogP) is 6.08. The average Bonchev–Trinajstić information content (AvgIpc) is 3.04. The van der Waals surface area contributed by atoms with Gasteiger partial charge in [0.25, 0.3) is 0 Å². The Balaban J connectivity index is 2.04. The zero-order valence-corrected chi connectivity index (χ0v) is 16.2. The summed E-state index contributed by atoms with van der Waals surface area (Å²) < 4.78 is 48.3. The molecule has 4 aromatic rings. The fourth-order valence-corrected chi connectivity index (χ4v) is 3.33. The van der Waals surface area contributed by atoms with E-state index in [1.165, 1.54) is 18.7 Å². The molecule has 148 valence electrons. The van der Waals surface area contributed by atoms with Crippen molar-refractivity contribution in [3.8, 4) is 22.7 Å². The third-order valence-corrected chi connectivity index (χ3v) is 4.81. The molecule has 0 N–H and O–H groups in total. The van der Waals surface area contributed by atoms with Crippen LogP contribution in [0.5, 0.6) is 5.75 Å². The first-order chi connectivity index (χ1) is 13.8. The molecule has 4 rings (SSSR count). The molecule has 0 aliphatic rings. The molecule has 0 saturated carbocycles. The van der Waals surface area contributed by atoms with Crippen LogP contribution in [0, 0.1) is 6.92 Å². The normalized spacial score (nSPS) is 11.8. The number of ether oxygens (including phenoxy) is 1. The van der Waals surface area contributed by atoms with Gasteiger partial charge in [-0.25, -0.2) is 9.67 Å². The maximum Gasteiger partial charge on any atom is 0.417 e. The monoisotopic (exact) mass is 417 g/mol. The highest BCUT2D eigenvalue weighted by atomic mass is 35.5. The van der Waals surface area contributed by atoms with Crippen LogP contribution in [0.15, 0.2) is 54.6 Å². The molecule has 0 amide bonds. The molecule has 0 fully saturated rings. The van der Waals surface area contributed by atoms with Crippen molar-refractivity contribution in [2.45, 2.75) is 13.1 Å². The summed E-state index contributed by atoms with van der Waals surface area (Å²) in [5.74, 6) is 0.528. The SMILES string of the molecule is COc1cccc(-c2cc(C(F)(F)F)c3c(C)nn(-c4ccc(Cl)cc4)c3n2)c1. The minimum atomic E-state index is -4.56. The number of benzene rings is 2. The van der Waals surface area contributed by atoms with E-state index in [0.717, 1.165) is 6.07 Å². The van der Waals surface area contributed by atoms with Gasteiger partial charge in [-0.15, -0.1) is 0 Å². The maximum atomic E-state index is 13.9. The topological polar surface area (TPSA) is 39.9 Å². The molecule has 29 heavy (non-hydrogen) atoms. The van der Waals surface area contributed by atoms with Crippen LogP contribution in [0.25, 0.3) is 28.0 Å². The van der Waals surface area contributed by atoms with E-state index in [0.29, 0.717) is 22.0 Å². The Kier molecular flexibility index (Phi) is 4.70. The van der Waals surface area contributed by atoms with E-state index in [1.807, 2.05) is 0 Å². The summed E-state index contributed by atoms with van der Waals surface area (Å²) >= 11 is 5.94. The lowest BCUT2D eigenvalue weighted by Crippen LogP contribution is -2.08. The van der Waals surface area contributed by atoms with Crippen molar-refractivity contribution in [3.05, 3.63) is 70.9 Å². The number of nitrogens with zero attached hydrogens (tertiary/aromatic N) is 3. The lowest BCUT2D eigenvalue weighted by molar-refractivity contribution is -0.136. The number of alkyl halides is 3. The number of methoxy groups -OCH3 is 1. The number of hydrogen-bond acceptors (Lipinski definition) is 3. The fraction of sp³-hybridized carbons (Fsp3) is 0.143. The molecule has 2 aromatic carbocycles. The van der Waals surface area contributed by atoms with E-state index >= 15 is 0 Å². The van der Waals surface area contributed by atoms with Gasteiger partial charge < -0.3 is 4.74 Å². The first-order valence-electron chi connectivity index (χ1n) is 8.66. The van der Waals surface area contributed by atoms with Crippen LogP contribution in [0.3, 0.4) is 0 Å². The molecule has 0 aliphatic carbocycles. The van der Waals surface area contributed by atoms with E-state index in [4.69, 9.17) is 16.3 Å². The Bertz CT molecular complexity index is 1200. The number of aromatic nitrogens is 3. The molecule has 2 aromatic heterocycles. The summed E-state index contributed by atoms with van der Waals surface area (Å²) in [7, 11) is 1.50. The highest BCUT2D eigenvalue weighted by Crippen LogP contribution is 2.39. The zero-order valence-electron chi connectivity index (χ0n) is 15.5. The Morgan fingerprint density at radius 1 is 1.03 bits per heavy atom. The number of halogens is 4. The molecule has 0 bridgehead atoms. The Labute approximate surface area is 169 Å².